The van der Waals surface area contributed by atoms with Gasteiger partial charge in [-0.3, -0.25) is 0 Å². The molecule has 4 saturated carbocycles. The van der Waals surface area contributed by atoms with Crippen molar-refractivity contribution in [1.82, 2.24) is 0 Å². The van der Waals surface area contributed by atoms with E-state index in [2.05, 4.69) is 188 Å². The van der Waals surface area contributed by atoms with Gasteiger partial charge in [0.25, 0.3) is 0 Å². The fourth-order valence-electron chi connectivity index (χ4n) is 16.0. The Labute approximate surface area is 387 Å². The standard InChI is InChI=1S/C62H65NS/c1-57(2)27-29-59(5,6)48-33-39(21-24-45(48)57)43-15-9-12-18-51(43)63(52-19-13-10-16-44(52)40-22-25-46-49(34-40)60(7,8)30-28-58(46,3)4)42-23-26-54-50(36-42)62(47-17-11-14-20-53(47)64-54)55-32-38-31-41-35-56(62)61(41,55)37-38/h9-26,33-34,36,38,41,55-56H,27-32,35,37H2,1-8H3. The van der Waals surface area contributed by atoms with Gasteiger partial charge in [-0.15, -0.1) is 0 Å². The maximum absolute atomic E-state index is 2.70. The number of fused-ring (bicyclic) bond motifs is 9. The fraction of sp³-hybridized carbons (Fsp3) is 0.419. The molecule has 4 fully saturated rings. The molecule has 6 aromatic carbocycles. The average molecular weight is 856 g/mol. The Morgan fingerprint density at radius 3 is 1.56 bits per heavy atom. The lowest BCUT2D eigenvalue weighted by atomic mass is 9.26. The van der Waals surface area contributed by atoms with Crippen molar-refractivity contribution in [3.8, 4) is 22.3 Å². The molecule has 2 spiro atoms. The summed E-state index contributed by atoms with van der Waals surface area (Å²) in [4.78, 5) is 5.64. The molecule has 1 aliphatic heterocycles. The van der Waals surface area contributed by atoms with E-state index in [1.807, 2.05) is 11.8 Å². The molecule has 0 N–H and O–H groups in total. The zero-order chi connectivity index (χ0) is 43.8. The predicted molar refractivity (Wildman–Crippen MR) is 269 cm³/mol. The van der Waals surface area contributed by atoms with Gasteiger partial charge in [0, 0.05) is 32.0 Å². The summed E-state index contributed by atoms with van der Waals surface area (Å²) in [5.41, 5.74) is 19.5. The highest BCUT2D eigenvalue weighted by Crippen LogP contribution is 2.89. The van der Waals surface area contributed by atoms with Gasteiger partial charge < -0.3 is 4.90 Å². The van der Waals surface area contributed by atoms with Crippen LogP contribution in [-0.4, -0.2) is 0 Å². The molecule has 6 aliphatic carbocycles. The first kappa shape index (κ1) is 39.8. The van der Waals surface area contributed by atoms with Crippen molar-refractivity contribution in [2.45, 2.75) is 144 Å². The first-order valence-corrected chi connectivity index (χ1v) is 25.7. The molecule has 324 valence electrons. The average Bonchev–Trinajstić information content (AvgIpc) is 3.82. The van der Waals surface area contributed by atoms with Crippen LogP contribution in [0.5, 0.6) is 0 Å². The molecular weight excluding hydrogens is 791 g/mol. The molecule has 2 bridgehead atoms. The third-order valence-corrected chi connectivity index (χ3v) is 20.5. The number of rotatable bonds is 5. The Morgan fingerprint density at radius 1 is 0.453 bits per heavy atom. The van der Waals surface area contributed by atoms with Crippen molar-refractivity contribution in [2.75, 3.05) is 4.90 Å². The van der Waals surface area contributed by atoms with Crippen LogP contribution in [0.1, 0.15) is 140 Å². The largest absolute Gasteiger partial charge is 0.309 e. The van der Waals surface area contributed by atoms with E-state index >= 15 is 0 Å². The molecule has 1 nitrogen and oxygen atoms in total. The van der Waals surface area contributed by atoms with Crippen LogP contribution in [-0.2, 0) is 27.1 Å². The second-order valence-electron chi connectivity index (χ2n) is 24.3. The number of hydrogen-bond acceptors (Lipinski definition) is 2. The highest BCUT2D eigenvalue weighted by molar-refractivity contribution is 7.99. The molecule has 0 saturated heterocycles. The molecular formula is C62H65NS. The summed E-state index contributed by atoms with van der Waals surface area (Å²) in [6, 6.07) is 50.9. The summed E-state index contributed by atoms with van der Waals surface area (Å²) >= 11 is 2.02. The Bertz CT molecular complexity index is 2820. The van der Waals surface area contributed by atoms with Gasteiger partial charge in [-0.1, -0.05) is 158 Å². The number of para-hydroxylation sites is 2. The third kappa shape index (κ3) is 5.16. The predicted octanol–water partition coefficient (Wildman–Crippen LogP) is 17.0. The summed E-state index contributed by atoms with van der Waals surface area (Å²) in [6.07, 6.45) is 10.6. The topological polar surface area (TPSA) is 3.24 Å². The van der Waals surface area contributed by atoms with Crippen molar-refractivity contribution in [1.29, 1.82) is 0 Å². The minimum atomic E-state index is 0.0946. The van der Waals surface area contributed by atoms with Crippen LogP contribution in [0.2, 0.25) is 0 Å². The summed E-state index contributed by atoms with van der Waals surface area (Å²) in [7, 11) is 0. The smallest absolute Gasteiger partial charge is 0.0540 e. The van der Waals surface area contributed by atoms with Gasteiger partial charge in [0.2, 0.25) is 0 Å². The van der Waals surface area contributed by atoms with Gasteiger partial charge in [-0.2, -0.15) is 0 Å². The summed E-state index contributed by atoms with van der Waals surface area (Å²) in [5, 5.41) is 0. The van der Waals surface area contributed by atoms with Crippen LogP contribution in [0.3, 0.4) is 0 Å². The van der Waals surface area contributed by atoms with E-state index in [0.29, 0.717) is 5.41 Å². The molecule has 0 radical (unpaired) electrons. The molecule has 0 amide bonds. The van der Waals surface area contributed by atoms with Crippen LogP contribution >= 0.6 is 11.8 Å². The zero-order valence-corrected chi connectivity index (χ0v) is 40.3. The lowest BCUT2D eigenvalue weighted by Crippen LogP contribution is -2.74. The number of anilines is 3. The first-order valence-electron chi connectivity index (χ1n) is 24.8. The third-order valence-electron chi connectivity index (χ3n) is 19.3. The van der Waals surface area contributed by atoms with Crippen molar-refractivity contribution >= 4 is 28.8 Å². The zero-order valence-electron chi connectivity index (χ0n) is 39.4. The van der Waals surface area contributed by atoms with Crippen molar-refractivity contribution in [2.24, 2.45) is 29.1 Å². The molecule has 13 rings (SSSR count). The van der Waals surface area contributed by atoms with E-state index in [1.165, 1.54) is 123 Å². The van der Waals surface area contributed by atoms with E-state index in [-0.39, 0.29) is 27.1 Å². The van der Waals surface area contributed by atoms with Crippen molar-refractivity contribution < 1.29 is 0 Å². The van der Waals surface area contributed by atoms with Gasteiger partial charge in [0.05, 0.1) is 11.4 Å². The second kappa shape index (κ2) is 13.1. The van der Waals surface area contributed by atoms with Gasteiger partial charge in [-0.05, 0) is 183 Å². The molecule has 7 aliphatic rings. The van der Waals surface area contributed by atoms with Gasteiger partial charge in [0.15, 0.2) is 0 Å². The summed E-state index contributed by atoms with van der Waals surface area (Å²) in [5.74, 6) is 3.37. The summed E-state index contributed by atoms with van der Waals surface area (Å²) < 4.78 is 0. The monoisotopic (exact) mass is 855 g/mol. The summed E-state index contributed by atoms with van der Waals surface area (Å²) in [6.45, 7) is 19.6. The quantitative estimate of drug-likeness (QED) is 0.170. The van der Waals surface area contributed by atoms with E-state index < -0.39 is 0 Å². The molecule has 6 atom stereocenters. The first-order chi connectivity index (χ1) is 30.6. The molecule has 6 aromatic rings. The van der Waals surface area contributed by atoms with Crippen LogP contribution in [0.4, 0.5) is 17.1 Å². The molecule has 6 unspecified atom stereocenters. The molecule has 2 heteroatoms. The van der Waals surface area contributed by atoms with E-state index in [9.17, 15) is 0 Å². The normalized spacial score (nSPS) is 29.6. The highest BCUT2D eigenvalue weighted by Gasteiger charge is 2.84. The molecule has 1 heterocycles. The lowest BCUT2D eigenvalue weighted by Gasteiger charge is -2.78. The number of nitrogens with zero attached hydrogens (tertiary/aromatic N) is 1. The minimum Gasteiger partial charge on any atom is -0.309 e. The number of hydrogen-bond donors (Lipinski definition) is 0. The highest BCUT2D eigenvalue weighted by atomic mass is 32.2. The van der Waals surface area contributed by atoms with Gasteiger partial charge in [0.1, 0.15) is 0 Å². The van der Waals surface area contributed by atoms with E-state index in [0.717, 1.165) is 23.7 Å². The van der Waals surface area contributed by atoms with Crippen molar-refractivity contribution in [3.63, 3.8) is 0 Å². The molecule has 64 heavy (non-hydrogen) atoms. The number of benzene rings is 6. The molecule has 0 aromatic heterocycles. The Kier molecular flexibility index (Phi) is 8.14. The van der Waals surface area contributed by atoms with Crippen molar-refractivity contribution in [3.05, 3.63) is 161 Å². The minimum absolute atomic E-state index is 0.0946. The maximum atomic E-state index is 2.70. The van der Waals surface area contributed by atoms with Crippen LogP contribution in [0.25, 0.3) is 22.3 Å². The Hall–Kier alpha value is -4.53. The second-order valence-corrected chi connectivity index (χ2v) is 25.3. The van der Waals surface area contributed by atoms with Crippen LogP contribution in [0, 0.1) is 29.1 Å². The van der Waals surface area contributed by atoms with Crippen LogP contribution < -0.4 is 4.90 Å². The SMILES string of the molecule is CC1(C)CCC(C)(C)c2cc(-c3ccccc3N(c3ccc4c(c3)C3(c5ccccc5S4)C4CC5CC6CC3C64C5)c3ccccc3-c3ccc4c(c3)C(C)(C)CCC4(C)C)ccc21. The van der Waals surface area contributed by atoms with E-state index in [4.69, 9.17) is 0 Å². The lowest BCUT2D eigenvalue weighted by molar-refractivity contribution is -0.235. The maximum Gasteiger partial charge on any atom is 0.0540 e. The van der Waals surface area contributed by atoms with Gasteiger partial charge in [-0.25, -0.2) is 0 Å². The fourth-order valence-corrected chi connectivity index (χ4v) is 17.2. The van der Waals surface area contributed by atoms with Gasteiger partial charge >= 0.3 is 0 Å². The van der Waals surface area contributed by atoms with E-state index in [1.54, 1.807) is 11.1 Å². The Balaban J connectivity index is 1.04. The Morgan fingerprint density at radius 2 is 0.969 bits per heavy atom. The van der Waals surface area contributed by atoms with Crippen LogP contribution in [0.15, 0.2) is 137 Å².